The van der Waals surface area contributed by atoms with Crippen molar-refractivity contribution >= 4 is 17.9 Å². The van der Waals surface area contributed by atoms with E-state index >= 15 is 0 Å². The Morgan fingerprint density at radius 2 is 0.611 bits per heavy atom. The Morgan fingerprint density at radius 1 is 0.352 bits per heavy atom. The molecule has 54 heavy (non-hydrogen) atoms. The highest BCUT2D eigenvalue weighted by molar-refractivity contribution is 5.71. The minimum Gasteiger partial charge on any atom is -0.462 e. The fourth-order valence-corrected chi connectivity index (χ4v) is 6.91. The van der Waals surface area contributed by atoms with Crippen molar-refractivity contribution in [1.82, 2.24) is 0 Å². The van der Waals surface area contributed by atoms with Crippen LogP contribution < -0.4 is 0 Å². The predicted molar refractivity (Wildman–Crippen MR) is 229 cm³/mol. The summed E-state index contributed by atoms with van der Waals surface area (Å²) < 4.78 is 16.7. The summed E-state index contributed by atoms with van der Waals surface area (Å²) in [5.41, 5.74) is 0. The standard InChI is InChI=1S/C48H90O6/c1-4-7-10-13-16-19-21-23-24-25-27-29-32-35-38-41-47(50)53-44-45(43-52-46(49)40-37-34-31-28-18-15-12-9-6-3)54-48(51)42-39-36-33-30-26-22-20-17-14-11-8-5-2/h23-24,45H,4-22,25-44H2,1-3H3/b24-23-/t45-/m1/s1. The maximum Gasteiger partial charge on any atom is 0.306 e. The molecule has 0 saturated carbocycles. The first-order valence-electron chi connectivity index (χ1n) is 23.7. The lowest BCUT2D eigenvalue weighted by atomic mass is 10.0. The van der Waals surface area contributed by atoms with Gasteiger partial charge in [0, 0.05) is 19.3 Å². The van der Waals surface area contributed by atoms with Gasteiger partial charge in [-0.3, -0.25) is 14.4 Å². The smallest absolute Gasteiger partial charge is 0.306 e. The Balaban J connectivity index is 4.32. The average molecular weight is 763 g/mol. The van der Waals surface area contributed by atoms with Crippen molar-refractivity contribution in [2.24, 2.45) is 0 Å². The molecule has 0 radical (unpaired) electrons. The third-order valence-electron chi connectivity index (χ3n) is 10.5. The molecule has 1 atom stereocenters. The van der Waals surface area contributed by atoms with E-state index in [4.69, 9.17) is 14.2 Å². The Hall–Kier alpha value is -1.85. The van der Waals surface area contributed by atoms with E-state index in [2.05, 4.69) is 32.9 Å². The van der Waals surface area contributed by atoms with E-state index < -0.39 is 6.10 Å². The fourth-order valence-electron chi connectivity index (χ4n) is 6.91. The van der Waals surface area contributed by atoms with Crippen molar-refractivity contribution in [1.29, 1.82) is 0 Å². The summed E-state index contributed by atoms with van der Waals surface area (Å²) >= 11 is 0. The number of esters is 3. The minimum atomic E-state index is -0.764. The molecule has 0 aromatic rings. The lowest BCUT2D eigenvalue weighted by molar-refractivity contribution is -0.167. The maximum absolute atomic E-state index is 12.7. The molecule has 0 N–H and O–H groups in total. The zero-order valence-electron chi connectivity index (χ0n) is 36.3. The quantitative estimate of drug-likeness (QED) is 0.0266. The van der Waals surface area contributed by atoms with E-state index in [1.54, 1.807) is 0 Å². The van der Waals surface area contributed by atoms with Gasteiger partial charge in [0.05, 0.1) is 0 Å². The number of unbranched alkanes of at least 4 members (excludes halogenated alkanes) is 30. The molecule has 0 amide bonds. The normalized spacial score (nSPS) is 12.0. The summed E-state index contributed by atoms with van der Waals surface area (Å²) in [5, 5.41) is 0. The first-order valence-corrected chi connectivity index (χ1v) is 23.7. The van der Waals surface area contributed by atoms with Gasteiger partial charge in [0.25, 0.3) is 0 Å². The second-order valence-electron chi connectivity index (χ2n) is 16.0. The second kappa shape index (κ2) is 43.9. The SMILES string of the molecule is CCCCCCCC/C=C\CCCCCCCC(=O)OC[C@@H](COC(=O)CCCCCCCCCCC)OC(=O)CCCCCCCCCCCCCC. The number of carbonyl (C=O) groups is 3. The van der Waals surface area contributed by atoms with Crippen LogP contribution >= 0.6 is 0 Å². The molecule has 0 heterocycles. The van der Waals surface area contributed by atoms with Gasteiger partial charge in [-0.05, 0) is 44.9 Å². The van der Waals surface area contributed by atoms with Gasteiger partial charge >= 0.3 is 17.9 Å². The van der Waals surface area contributed by atoms with Gasteiger partial charge in [0.1, 0.15) is 13.2 Å². The van der Waals surface area contributed by atoms with E-state index in [0.29, 0.717) is 19.3 Å². The van der Waals surface area contributed by atoms with E-state index in [1.807, 2.05) is 0 Å². The number of ether oxygens (including phenoxy) is 3. The third-order valence-corrected chi connectivity index (χ3v) is 10.5. The van der Waals surface area contributed by atoms with Crippen LogP contribution in [0.3, 0.4) is 0 Å². The molecule has 0 aliphatic heterocycles. The molecule has 0 aromatic heterocycles. The lowest BCUT2D eigenvalue weighted by Gasteiger charge is -2.18. The number of allylic oxidation sites excluding steroid dienone is 2. The van der Waals surface area contributed by atoms with Crippen molar-refractivity contribution in [3.8, 4) is 0 Å². The van der Waals surface area contributed by atoms with Crippen molar-refractivity contribution in [2.75, 3.05) is 13.2 Å². The molecule has 6 heteroatoms. The molecule has 0 saturated heterocycles. The fraction of sp³-hybridized carbons (Fsp3) is 0.896. The third kappa shape index (κ3) is 41.3. The molecule has 6 nitrogen and oxygen atoms in total. The van der Waals surface area contributed by atoms with Gasteiger partial charge < -0.3 is 14.2 Å². The van der Waals surface area contributed by atoms with Crippen LogP contribution in [0.15, 0.2) is 12.2 Å². The molecular weight excluding hydrogens is 673 g/mol. The van der Waals surface area contributed by atoms with Crippen molar-refractivity contribution < 1.29 is 28.6 Å². The van der Waals surface area contributed by atoms with Gasteiger partial charge in [-0.25, -0.2) is 0 Å². The van der Waals surface area contributed by atoms with Crippen LogP contribution in [-0.4, -0.2) is 37.2 Å². The predicted octanol–water partition coefficient (Wildman–Crippen LogP) is 15.0. The molecular formula is C48H90O6. The van der Waals surface area contributed by atoms with E-state index in [-0.39, 0.29) is 31.1 Å². The summed E-state index contributed by atoms with van der Waals surface area (Å²) in [6, 6.07) is 0. The van der Waals surface area contributed by atoms with Gasteiger partial charge in [-0.15, -0.1) is 0 Å². The average Bonchev–Trinajstić information content (AvgIpc) is 3.17. The number of hydrogen-bond donors (Lipinski definition) is 0. The van der Waals surface area contributed by atoms with Crippen LogP contribution in [-0.2, 0) is 28.6 Å². The second-order valence-corrected chi connectivity index (χ2v) is 16.0. The summed E-state index contributed by atoms with van der Waals surface area (Å²) in [6.45, 7) is 6.62. The molecule has 0 bridgehead atoms. The van der Waals surface area contributed by atoms with Crippen LogP contribution in [0.25, 0.3) is 0 Å². The number of hydrogen-bond acceptors (Lipinski definition) is 6. The zero-order valence-corrected chi connectivity index (χ0v) is 36.3. The topological polar surface area (TPSA) is 78.9 Å². The highest BCUT2D eigenvalue weighted by atomic mass is 16.6. The van der Waals surface area contributed by atoms with E-state index in [9.17, 15) is 14.4 Å². The summed E-state index contributed by atoms with van der Waals surface area (Å²) in [4.78, 5) is 37.7. The van der Waals surface area contributed by atoms with Crippen molar-refractivity contribution in [3.63, 3.8) is 0 Å². The van der Waals surface area contributed by atoms with Crippen LogP contribution in [0.2, 0.25) is 0 Å². The Morgan fingerprint density at radius 3 is 0.926 bits per heavy atom. The molecule has 0 aliphatic rings. The van der Waals surface area contributed by atoms with Gasteiger partial charge in [-0.1, -0.05) is 206 Å². The van der Waals surface area contributed by atoms with Gasteiger partial charge in [0.2, 0.25) is 0 Å². The minimum absolute atomic E-state index is 0.0683. The Kier molecular flexibility index (Phi) is 42.4. The number of rotatable bonds is 43. The van der Waals surface area contributed by atoms with Crippen LogP contribution in [0, 0.1) is 0 Å². The summed E-state index contributed by atoms with van der Waals surface area (Å²) in [6.07, 6.45) is 46.2. The molecule has 0 aromatic carbocycles. The Bertz CT molecular complexity index is 839. The first kappa shape index (κ1) is 52.2. The number of carbonyl (C=O) groups excluding carboxylic acids is 3. The van der Waals surface area contributed by atoms with E-state index in [0.717, 1.165) is 64.2 Å². The lowest BCUT2D eigenvalue weighted by Crippen LogP contribution is -2.30. The first-order chi connectivity index (χ1) is 26.5. The highest BCUT2D eigenvalue weighted by Crippen LogP contribution is 2.15. The molecule has 0 rings (SSSR count). The van der Waals surface area contributed by atoms with Crippen LogP contribution in [0.5, 0.6) is 0 Å². The van der Waals surface area contributed by atoms with Crippen molar-refractivity contribution in [2.45, 2.75) is 264 Å². The monoisotopic (exact) mass is 763 g/mol. The van der Waals surface area contributed by atoms with Crippen LogP contribution in [0.4, 0.5) is 0 Å². The van der Waals surface area contributed by atoms with Gasteiger partial charge in [0.15, 0.2) is 6.10 Å². The Labute approximate surface area is 335 Å². The summed E-state index contributed by atoms with van der Waals surface area (Å²) in [7, 11) is 0. The molecule has 0 unspecified atom stereocenters. The molecule has 0 aliphatic carbocycles. The zero-order chi connectivity index (χ0) is 39.4. The molecule has 0 fully saturated rings. The van der Waals surface area contributed by atoms with Crippen LogP contribution in [0.1, 0.15) is 258 Å². The largest absolute Gasteiger partial charge is 0.462 e. The molecule has 0 spiro atoms. The van der Waals surface area contributed by atoms with Gasteiger partial charge in [-0.2, -0.15) is 0 Å². The summed E-state index contributed by atoms with van der Waals surface area (Å²) in [5.74, 6) is -0.870. The van der Waals surface area contributed by atoms with E-state index in [1.165, 1.54) is 154 Å². The molecule has 318 valence electrons. The van der Waals surface area contributed by atoms with Crippen molar-refractivity contribution in [3.05, 3.63) is 12.2 Å². The maximum atomic E-state index is 12.7. The highest BCUT2D eigenvalue weighted by Gasteiger charge is 2.19.